The summed E-state index contributed by atoms with van der Waals surface area (Å²) in [5, 5.41) is 2.98. The molecule has 3 aromatic rings. The molecule has 0 saturated carbocycles. The standard InChI is InChI=1S/C20H21F2N5O4/c1-11-10-26(13-6-14(21)18(30-2)15(22)7-13)3-4-27(11)17(28)9-23-12-5-16-19(24-8-12)25-20(29)31-16/h5-8,11,23H,3-4,9-10H2,1-2H3,(H,24,25,29)/t11-/m1/s1. The second-order valence-electron chi connectivity index (χ2n) is 7.26. The van der Waals surface area contributed by atoms with E-state index in [1.54, 1.807) is 11.0 Å². The first-order valence-corrected chi connectivity index (χ1v) is 9.66. The number of pyridine rings is 1. The van der Waals surface area contributed by atoms with Gasteiger partial charge >= 0.3 is 5.76 Å². The number of fused-ring (bicyclic) bond motifs is 1. The molecule has 1 amide bonds. The molecule has 31 heavy (non-hydrogen) atoms. The van der Waals surface area contributed by atoms with E-state index in [0.29, 0.717) is 42.2 Å². The van der Waals surface area contributed by atoms with E-state index in [-0.39, 0.29) is 18.5 Å². The van der Waals surface area contributed by atoms with Gasteiger partial charge in [0.2, 0.25) is 5.91 Å². The number of hydrogen-bond donors (Lipinski definition) is 2. The van der Waals surface area contributed by atoms with Crippen molar-refractivity contribution in [2.24, 2.45) is 0 Å². The third-order valence-electron chi connectivity index (χ3n) is 5.22. The molecule has 0 spiro atoms. The smallest absolute Gasteiger partial charge is 0.418 e. The number of nitrogens with one attached hydrogen (secondary N) is 2. The number of benzene rings is 1. The van der Waals surface area contributed by atoms with E-state index in [9.17, 15) is 18.4 Å². The molecule has 11 heteroatoms. The Kier molecular flexibility index (Phi) is 5.49. The summed E-state index contributed by atoms with van der Waals surface area (Å²) in [6.45, 7) is 3.17. The van der Waals surface area contributed by atoms with Gasteiger partial charge in [0.1, 0.15) is 0 Å². The Morgan fingerprint density at radius 2 is 2.06 bits per heavy atom. The van der Waals surface area contributed by atoms with E-state index in [2.05, 4.69) is 15.3 Å². The molecule has 2 N–H and O–H groups in total. The van der Waals surface area contributed by atoms with Crippen LogP contribution in [-0.4, -0.2) is 60.1 Å². The Bertz CT molecular complexity index is 1150. The van der Waals surface area contributed by atoms with Crippen molar-refractivity contribution in [2.45, 2.75) is 13.0 Å². The Morgan fingerprint density at radius 1 is 1.32 bits per heavy atom. The van der Waals surface area contributed by atoms with Gasteiger partial charge in [-0.1, -0.05) is 0 Å². The van der Waals surface area contributed by atoms with Crippen molar-refractivity contribution < 1.29 is 22.7 Å². The highest BCUT2D eigenvalue weighted by atomic mass is 19.1. The third-order valence-corrected chi connectivity index (χ3v) is 5.22. The molecule has 1 fully saturated rings. The van der Waals surface area contributed by atoms with Crippen molar-refractivity contribution in [1.29, 1.82) is 0 Å². The summed E-state index contributed by atoms with van der Waals surface area (Å²) in [7, 11) is 1.21. The van der Waals surface area contributed by atoms with E-state index >= 15 is 0 Å². The summed E-state index contributed by atoms with van der Waals surface area (Å²) in [5.41, 5.74) is 1.57. The van der Waals surface area contributed by atoms with Gasteiger partial charge < -0.3 is 24.3 Å². The maximum atomic E-state index is 14.0. The highest BCUT2D eigenvalue weighted by molar-refractivity contribution is 5.82. The molecule has 0 radical (unpaired) electrons. The number of ether oxygens (including phenoxy) is 1. The van der Waals surface area contributed by atoms with Gasteiger partial charge in [0.15, 0.2) is 28.6 Å². The first kappa shape index (κ1) is 20.6. The first-order chi connectivity index (χ1) is 14.9. The van der Waals surface area contributed by atoms with Crippen molar-refractivity contribution in [3.05, 3.63) is 46.6 Å². The normalized spacial score (nSPS) is 16.6. The van der Waals surface area contributed by atoms with E-state index in [4.69, 9.17) is 9.15 Å². The van der Waals surface area contributed by atoms with Gasteiger partial charge in [0, 0.05) is 49.6 Å². The average molecular weight is 433 g/mol. The minimum Gasteiger partial charge on any atom is -0.491 e. The summed E-state index contributed by atoms with van der Waals surface area (Å²) in [4.78, 5) is 34.0. The van der Waals surface area contributed by atoms with E-state index in [1.165, 1.54) is 25.4 Å². The van der Waals surface area contributed by atoms with E-state index in [0.717, 1.165) is 0 Å². The number of carbonyl (C=O) groups is 1. The average Bonchev–Trinajstić information content (AvgIpc) is 3.11. The fraction of sp³-hybridized carbons (Fsp3) is 0.350. The zero-order chi connectivity index (χ0) is 22.1. The van der Waals surface area contributed by atoms with Crippen LogP contribution in [0.4, 0.5) is 20.2 Å². The SMILES string of the molecule is COc1c(F)cc(N2CCN(C(=O)CNc3cnc4[nH]c(=O)oc4c3)[C@H](C)C2)cc1F. The minimum absolute atomic E-state index is 0.0258. The second kappa shape index (κ2) is 8.25. The number of rotatable bonds is 5. The van der Waals surface area contributed by atoms with Gasteiger partial charge in [-0.25, -0.2) is 18.6 Å². The zero-order valence-corrected chi connectivity index (χ0v) is 16.9. The van der Waals surface area contributed by atoms with Gasteiger partial charge in [0.25, 0.3) is 0 Å². The van der Waals surface area contributed by atoms with Crippen molar-refractivity contribution >= 4 is 28.5 Å². The second-order valence-corrected chi connectivity index (χ2v) is 7.26. The number of piperazine rings is 1. The summed E-state index contributed by atoms with van der Waals surface area (Å²) in [6, 6.07) is 3.88. The van der Waals surface area contributed by atoms with Crippen molar-refractivity contribution in [2.75, 3.05) is 43.5 Å². The first-order valence-electron chi connectivity index (χ1n) is 9.66. The monoisotopic (exact) mass is 433 g/mol. The maximum absolute atomic E-state index is 14.0. The van der Waals surface area contributed by atoms with E-state index in [1.807, 2.05) is 11.8 Å². The summed E-state index contributed by atoms with van der Waals surface area (Å²) in [5.74, 6) is -2.68. The molecular weight excluding hydrogens is 412 g/mol. The Morgan fingerprint density at radius 3 is 2.74 bits per heavy atom. The van der Waals surface area contributed by atoms with Crippen LogP contribution in [0.2, 0.25) is 0 Å². The quantitative estimate of drug-likeness (QED) is 0.634. The number of anilines is 2. The molecule has 1 aromatic carbocycles. The molecule has 9 nitrogen and oxygen atoms in total. The molecule has 4 rings (SSSR count). The Hall–Kier alpha value is -3.63. The summed E-state index contributed by atoms with van der Waals surface area (Å²) < 4.78 is 37.7. The highest BCUT2D eigenvalue weighted by Gasteiger charge is 2.28. The number of hydrogen-bond acceptors (Lipinski definition) is 7. The molecule has 0 bridgehead atoms. The fourth-order valence-corrected chi connectivity index (χ4v) is 3.70. The highest BCUT2D eigenvalue weighted by Crippen LogP contribution is 2.28. The van der Waals surface area contributed by atoms with Crippen LogP contribution in [-0.2, 0) is 4.79 Å². The maximum Gasteiger partial charge on any atom is 0.418 e. The Balaban J connectivity index is 1.38. The van der Waals surface area contributed by atoms with Crippen LogP contribution in [0.25, 0.3) is 11.2 Å². The number of halogens is 2. The number of methoxy groups -OCH3 is 1. The molecule has 0 unspecified atom stereocenters. The van der Waals surface area contributed by atoms with Crippen LogP contribution in [0.5, 0.6) is 5.75 Å². The van der Waals surface area contributed by atoms with Crippen LogP contribution in [0, 0.1) is 11.6 Å². The van der Waals surface area contributed by atoms with Crippen LogP contribution >= 0.6 is 0 Å². The lowest BCUT2D eigenvalue weighted by Gasteiger charge is -2.41. The minimum atomic E-state index is -0.767. The van der Waals surface area contributed by atoms with Gasteiger partial charge in [-0.05, 0) is 6.92 Å². The summed E-state index contributed by atoms with van der Waals surface area (Å²) >= 11 is 0. The fourth-order valence-electron chi connectivity index (χ4n) is 3.70. The number of aromatic nitrogens is 2. The zero-order valence-electron chi connectivity index (χ0n) is 16.9. The predicted molar refractivity (Wildman–Crippen MR) is 109 cm³/mol. The lowest BCUT2D eigenvalue weighted by atomic mass is 10.1. The lowest BCUT2D eigenvalue weighted by Crippen LogP contribution is -2.55. The van der Waals surface area contributed by atoms with Gasteiger partial charge in [-0.15, -0.1) is 0 Å². The van der Waals surface area contributed by atoms with Gasteiger partial charge in [-0.2, -0.15) is 0 Å². The predicted octanol–water partition coefficient (Wildman–Crippen LogP) is 1.95. The molecule has 0 aliphatic carbocycles. The number of aromatic amines is 1. The molecule has 164 valence electrons. The van der Waals surface area contributed by atoms with Crippen molar-refractivity contribution in [3.63, 3.8) is 0 Å². The third kappa shape index (κ3) is 4.16. The molecule has 1 aliphatic heterocycles. The van der Waals surface area contributed by atoms with Crippen molar-refractivity contribution in [3.8, 4) is 5.75 Å². The van der Waals surface area contributed by atoms with Crippen LogP contribution < -0.4 is 20.7 Å². The molecule has 3 heterocycles. The molecule has 2 aromatic heterocycles. The lowest BCUT2D eigenvalue weighted by molar-refractivity contribution is -0.131. The molecule has 1 aliphatic rings. The van der Waals surface area contributed by atoms with Crippen LogP contribution in [0.1, 0.15) is 6.92 Å². The number of nitrogens with zero attached hydrogens (tertiary/aromatic N) is 3. The van der Waals surface area contributed by atoms with Crippen LogP contribution in [0.3, 0.4) is 0 Å². The summed E-state index contributed by atoms with van der Waals surface area (Å²) in [6.07, 6.45) is 1.50. The largest absolute Gasteiger partial charge is 0.491 e. The Labute approximate surface area is 175 Å². The number of oxazole rings is 1. The van der Waals surface area contributed by atoms with Gasteiger partial charge in [-0.3, -0.25) is 9.78 Å². The molecule has 1 saturated heterocycles. The number of amides is 1. The molecular formula is C20H21F2N5O4. The van der Waals surface area contributed by atoms with Crippen LogP contribution in [0.15, 0.2) is 33.6 Å². The van der Waals surface area contributed by atoms with E-state index < -0.39 is 23.1 Å². The topological polar surface area (TPSA) is 104 Å². The van der Waals surface area contributed by atoms with Gasteiger partial charge in [0.05, 0.1) is 25.5 Å². The number of H-pyrrole nitrogens is 1. The van der Waals surface area contributed by atoms with Crippen molar-refractivity contribution in [1.82, 2.24) is 14.9 Å². The number of carbonyl (C=O) groups excluding carboxylic acids is 1. The molecule has 1 atom stereocenters.